The summed E-state index contributed by atoms with van der Waals surface area (Å²) < 4.78 is 0. The third-order valence-electron chi connectivity index (χ3n) is 2.25. The minimum absolute atomic E-state index is 0.250. The molecule has 0 fully saturated rings. The Balaban J connectivity index is 2.18. The van der Waals surface area contributed by atoms with Gasteiger partial charge in [-0.15, -0.1) is 11.3 Å². The van der Waals surface area contributed by atoms with Crippen LogP contribution in [0.25, 0.3) is 6.08 Å². The highest BCUT2D eigenvalue weighted by Crippen LogP contribution is 2.11. The molecule has 82 valence electrons. The summed E-state index contributed by atoms with van der Waals surface area (Å²) in [6.07, 6.45) is 8.98. The van der Waals surface area contributed by atoms with Gasteiger partial charge in [-0.2, -0.15) is 0 Å². The summed E-state index contributed by atoms with van der Waals surface area (Å²) in [5.41, 5.74) is 0. The first-order valence-electron chi connectivity index (χ1n) is 5.57. The van der Waals surface area contributed by atoms with Crippen molar-refractivity contribution in [3.05, 3.63) is 28.5 Å². The number of allylic oxidation sites excluding steroid dienone is 1. The van der Waals surface area contributed by atoms with Gasteiger partial charge in [0.2, 0.25) is 0 Å². The van der Waals surface area contributed by atoms with Crippen LogP contribution in [0.15, 0.2) is 23.6 Å². The number of carbonyl (C=O) groups is 1. The molecule has 1 aromatic heterocycles. The Labute approximate surface area is 95.8 Å². The molecule has 0 radical (unpaired) electrons. The molecule has 0 aliphatic heterocycles. The van der Waals surface area contributed by atoms with Gasteiger partial charge in [-0.1, -0.05) is 32.3 Å². The lowest BCUT2D eigenvalue weighted by atomic mass is 10.1. The fourth-order valence-electron chi connectivity index (χ4n) is 1.37. The zero-order chi connectivity index (χ0) is 10.9. The van der Waals surface area contributed by atoms with E-state index in [2.05, 4.69) is 6.92 Å². The fraction of sp³-hybridized carbons (Fsp3) is 0.462. The van der Waals surface area contributed by atoms with E-state index in [1.54, 1.807) is 17.4 Å². The molecule has 0 aromatic carbocycles. The molecule has 0 saturated heterocycles. The first-order chi connectivity index (χ1) is 7.33. The summed E-state index contributed by atoms with van der Waals surface area (Å²) in [7, 11) is 0. The second-order valence-corrected chi connectivity index (χ2v) is 4.60. The van der Waals surface area contributed by atoms with Crippen molar-refractivity contribution >= 4 is 23.2 Å². The standard InChI is InChI=1S/C13H18OS/c1-2-3-4-5-7-12(14)9-10-13-8-6-11-15-13/h6,8-11H,2-5,7H2,1H3/b10-9-. The van der Waals surface area contributed by atoms with Gasteiger partial charge in [0.1, 0.15) is 0 Å². The van der Waals surface area contributed by atoms with Crippen LogP contribution in [0, 0.1) is 0 Å². The smallest absolute Gasteiger partial charge is 0.155 e. The maximum absolute atomic E-state index is 11.4. The Morgan fingerprint density at radius 2 is 2.27 bits per heavy atom. The third kappa shape index (κ3) is 5.53. The van der Waals surface area contributed by atoms with Crippen molar-refractivity contribution in [3.8, 4) is 0 Å². The van der Waals surface area contributed by atoms with Crippen LogP contribution in [-0.2, 0) is 4.79 Å². The molecule has 0 saturated carbocycles. The molecule has 15 heavy (non-hydrogen) atoms. The topological polar surface area (TPSA) is 17.1 Å². The predicted octanol–water partition coefficient (Wildman–Crippen LogP) is 4.30. The number of hydrogen-bond donors (Lipinski definition) is 0. The van der Waals surface area contributed by atoms with Gasteiger partial charge >= 0.3 is 0 Å². The average molecular weight is 222 g/mol. The summed E-state index contributed by atoms with van der Waals surface area (Å²) in [4.78, 5) is 12.6. The van der Waals surface area contributed by atoms with Gasteiger partial charge in [-0.25, -0.2) is 0 Å². The lowest BCUT2D eigenvalue weighted by Crippen LogP contribution is -1.91. The van der Waals surface area contributed by atoms with E-state index in [-0.39, 0.29) is 5.78 Å². The highest BCUT2D eigenvalue weighted by Gasteiger charge is 1.96. The molecule has 1 aromatic rings. The second kappa shape index (κ2) is 7.41. The van der Waals surface area contributed by atoms with Gasteiger partial charge in [-0.3, -0.25) is 4.79 Å². The fourth-order valence-corrected chi connectivity index (χ4v) is 1.99. The molecule has 0 spiro atoms. The Hall–Kier alpha value is -0.890. The minimum Gasteiger partial charge on any atom is -0.295 e. The number of thiophene rings is 1. The van der Waals surface area contributed by atoms with E-state index in [4.69, 9.17) is 0 Å². The van der Waals surface area contributed by atoms with Gasteiger partial charge < -0.3 is 0 Å². The number of ketones is 1. The van der Waals surface area contributed by atoms with Crippen LogP contribution in [0.4, 0.5) is 0 Å². The molecule has 0 aliphatic carbocycles. The highest BCUT2D eigenvalue weighted by molar-refractivity contribution is 7.10. The zero-order valence-electron chi connectivity index (χ0n) is 9.24. The monoisotopic (exact) mass is 222 g/mol. The van der Waals surface area contributed by atoms with Gasteiger partial charge in [0.15, 0.2) is 5.78 Å². The minimum atomic E-state index is 0.250. The van der Waals surface area contributed by atoms with Crippen LogP contribution in [0.2, 0.25) is 0 Å². The van der Waals surface area contributed by atoms with Gasteiger partial charge in [0, 0.05) is 11.3 Å². The van der Waals surface area contributed by atoms with Crippen molar-refractivity contribution in [1.29, 1.82) is 0 Å². The Morgan fingerprint density at radius 3 is 2.93 bits per heavy atom. The second-order valence-electron chi connectivity index (χ2n) is 3.63. The molecule has 1 rings (SSSR count). The molecule has 2 heteroatoms. The lowest BCUT2D eigenvalue weighted by Gasteiger charge is -1.95. The van der Waals surface area contributed by atoms with Crippen LogP contribution < -0.4 is 0 Å². The number of unbranched alkanes of at least 4 members (excludes halogenated alkanes) is 3. The molecule has 0 bridgehead atoms. The van der Waals surface area contributed by atoms with Crippen molar-refractivity contribution in [2.75, 3.05) is 0 Å². The van der Waals surface area contributed by atoms with E-state index in [1.165, 1.54) is 19.3 Å². The summed E-state index contributed by atoms with van der Waals surface area (Å²) in [6.45, 7) is 2.18. The Kier molecular flexibility index (Phi) is 6.02. The summed E-state index contributed by atoms with van der Waals surface area (Å²) >= 11 is 1.66. The molecule has 0 N–H and O–H groups in total. The summed E-state index contributed by atoms with van der Waals surface area (Å²) in [6, 6.07) is 4.02. The first-order valence-corrected chi connectivity index (χ1v) is 6.45. The van der Waals surface area contributed by atoms with Crippen LogP contribution in [0.3, 0.4) is 0 Å². The van der Waals surface area contributed by atoms with Crippen LogP contribution >= 0.6 is 11.3 Å². The van der Waals surface area contributed by atoms with Crippen LogP contribution in [0.5, 0.6) is 0 Å². The first kappa shape index (κ1) is 12.2. The van der Waals surface area contributed by atoms with Gasteiger partial charge in [0.25, 0.3) is 0 Å². The molecule has 0 atom stereocenters. The average Bonchev–Trinajstić information content (AvgIpc) is 2.74. The maximum Gasteiger partial charge on any atom is 0.155 e. The molecule has 0 aliphatic rings. The quantitative estimate of drug-likeness (QED) is 0.496. The summed E-state index contributed by atoms with van der Waals surface area (Å²) in [5, 5.41) is 2.02. The van der Waals surface area contributed by atoms with Crippen molar-refractivity contribution in [3.63, 3.8) is 0 Å². The van der Waals surface area contributed by atoms with E-state index in [0.717, 1.165) is 11.3 Å². The molecular formula is C13H18OS. The van der Waals surface area contributed by atoms with Crippen LogP contribution in [0.1, 0.15) is 43.9 Å². The molecule has 1 nitrogen and oxygen atoms in total. The SMILES string of the molecule is CCCCCCC(=O)/C=C\c1cccs1. The molecule has 0 amide bonds. The largest absolute Gasteiger partial charge is 0.295 e. The third-order valence-corrected chi connectivity index (χ3v) is 3.09. The van der Waals surface area contributed by atoms with E-state index in [1.807, 2.05) is 23.6 Å². The van der Waals surface area contributed by atoms with E-state index >= 15 is 0 Å². The number of carbonyl (C=O) groups excluding carboxylic acids is 1. The van der Waals surface area contributed by atoms with Gasteiger partial charge in [-0.05, 0) is 30.0 Å². The Bertz CT molecular complexity index is 298. The van der Waals surface area contributed by atoms with Crippen LogP contribution in [-0.4, -0.2) is 5.78 Å². The normalized spacial score (nSPS) is 11.0. The van der Waals surface area contributed by atoms with E-state index in [0.29, 0.717) is 6.42 Å². The van der Waals surface area contributed by atoms with Crippen molar-refractivity contribution < 1.29 is 4.79 Å². The van der Waals surface area contributed by atoms with E-state index in [9.17, 15) is 4.79 Å². The molecular weight excluding hydrogens is 204 g/mol. The number of rotatable bonds is 7. The highest BCUT2D eigenvalue weighted by atomic mass is 32.1. The van der Waals surface area contributed by atoms with E-state index < -0.39 is 0 Å². The Morgan fingerprint density at radius 1 is 1.40 bits per heavy atom. The number of hydrogen-bond acceptors (Lipinski definition) is 2. The zero-order valence-corrected chi connectivity index (χ0v) is 10.1. The lowest BCUT2D eigenvalue weighted by molar-refractivity contribution is -0.114. The summed E-state index contributed by atoms with van der Waals surface area (Å²) in [5.74, 6) is 0.250. The molecule has 0 unspecified atom stereocenters. The van der Waals surface area contributed by atoms with Crippen molar-refractivity contribution in [2.45, 2.75) is 39.0 Å². The van der Waals surface area contributed by atoms with Crippen molar-refractivity contribution in [1.82, 2.24) is 0 Å². The maximum atomic E-state index is 11.4. The molecule has 1 heterocycles. The van der Waals surface area contributed by atoms with Gasteiger partial charge in [0.05, 0.1) is 0 Å². The van der Waals surface area contributed by atoms with Crippen molar-refractivity contribution in [2.24, 2.45) is 0 Å². The predicted molar refractivity (Wildman–Crippen MR) is 67.1 cm³/mol.